The summed E-state index contributed by atoms with van der Waals surface area (Å²) in [6, 6.07) is 0. The molecule has 0 aliphatic heterocycles. The Morgan fingerprint density at radius 1 is 1.71 bits per heavy atom. The monoisotopic (exact) mass is 156 g/mol. The van der Waals surface area contributed by atoms with E-state index in [1.54, 1.807) is 0 Å². The van der Waals surface area contributed by atoms with Crippen LogP contribution in [0.5, 0.6) is 0 Å². The molecule has 0 heterocycles. The zero-order chi connectivity index (χ0) is 5.21. The number of rotatable bonds is 1. The van der Waals surface area contributed by atoms with E-state index in [2.05, 4.69) is 15.9 Å². The molecule has 0 amide bonds. The molecule has 0 atom stereocenters. The zero-order valence-electron chi connectivity index (χ0n) is 4.54. The van der Waals surface area contributed by atoms with Gasteiger partial charge in [-0.25, -0.2) is 4.57 Å². The van der Waals surface area contributed by atoms with Gasteiger partial charge in [-0.1, -0.05) is 0 Å². The maximum Gasteiger partial charge on any atom is 1.00 e. The van der Waals surface area contributed by atoms with Crippen molar-refractivity contribution in [3.05, 3.63) is 0 Å². The summed E-state index contributed by atoms with van der Waals surface area (Å²) in [4.78, 5) is 15.2. The Morgan fingerprint density at radius 3 is 1.86 bits per heavy atom. The van der Waals surface area contributed by atoms with Crippen molar-refractivity contribution >= 4 is 19.7 Å². The van der Waals surface area contributed by atoms with Gasteiger partial charge in [0.25, 0.3) is 0 Å². The van der Waals surface area contributed by atoms with Crippen LogP contribution in [0.4, 0.5) is 0 Å². The minimum Gasteiger partial charge on any atom is -1.00 e. The first-order valence-corrected chi connectivity index (χ1v) is 2.76. The quantitative estimate of drug-likeness (QED) is 0.322. The van der Waals surface area contributed by atoms with E-state index in [-0.39, 0.29) is 31.0 Å². The van der Waals surface area contributed by atoms with Crippen molar-refractivity contribution < 1.29 is 49.4 Å². The molecule has 0 aromatic carbocycles. The molecule has 0 rings (SSSR count). The molecule has 7 heavy (non-hydrogen) atoms. The fourth-order valence-corrected chi connectivity index (χ4v) is 0. The molecular weight excluding hydrogens is 153 g/mol. The van der Waals surface area contributed by atoms with Gasteiger partial charge < -0.3 is 11.2 Å². The molecular formula is H3ClNaO4P. The van der Waals surface area contributed by atoms with Gasteiger partial charge in [0.05, 0.1) is 11.9 Å². The van der Waals surface area contributed by atoms with Gasteiger partial charge in [-0.15, -0.1) is 0 Å². The zero-order valence-corrected chi connectivity index (χ0v) is 7.19. The van der Waals surface area contributed by atoms with Crippen molar-refractivity contribution in [2.24, 2.45) is 0 Å². The third-order valence-electron chi connectivity index (χ3n) is 0.0899. The molecule has 0 aliphatic rings. The predicted octanol–water partition coefficient (Wildman–Crippen LogP) is -2.63. The van der Waals surface area contributed by atoms with E-state index in [1.807, 2.05) is 0 Å². The molecule has 40 valence electrons. The Bertz CT molecular complexity index is 80.1. The summed E-state index contributed by atoms with van der Waals surface area (Å²) in [6.45, 7) is 0. The Morgan fingerprint density at radius 2 is 1.86 bits per heavy atom. The largest absolute Gasteiger partial charge is 1.00 e. The molecule has 0 bridgehead atoms. The maximum atomic E-state index is 9.34. The summed E-state index contributed by atoms with van der Waals surface area (Å²) >= 11 is 4.21. The average molecular weight is 156 g/mol. The van der Waals surface area contributed by atoms with Crippen LogP contribution in [0.2, 0.25) is 0 Å². The maximum absolute atomic E-state index is 9.34. The third kappa shape index (κ3) is 11.1. The first kappa shape index (κ1) is 11.2. The molecule has 0 aromatic heterocycles. The first-order valence-electron chi connectivity index (χ1n) is 0.919. The van der Waals surface area contributed by atoms with Gasteiger partial charge in [-0.3, -0.25) is 0 Å². The molecule has 0 saturated heterocycles. The normalized spacial score (nSPS) is 10.1. The average Bonchev–Trinajstić information content (AvgIpc) is 1.35. The standard InChI is InChI=1S/ClH2O4P.Na.H/c1-5-6(2,3)4;;/h(H2,2,3,4);;/q;+1;-1. The van der Waals surface area contributed by atoms with Crippen LogP contribution in [0.3, 0.4) is 0 Å². The topological polar surface area (TPSA) is 66.8 Å². The molecule has 7 heteroatoms. The van der Waals surface area contributed by atoms with Crippen LogP contribution in [-0.4, -0.2) is 9.79 Å². The van der Waals surface area contributed by atoms with Crippen molar-refractivity contribution in [3.8, 4) is 0 Å². The van der Waals surface area contributed by atoms with E-state index in [4.69, 9.17) is 9.79 Å². The van der Waals surface area contributed by atoms with Gasteiger partial charge >= 0.3 is 37.4 Å². The SMILES string of the molecule is O=P(O)(O)OCl.[H-].[Na+]. The van der Waals surface area contributed by atoms with Crippen LogP contribution in [0.1, 0.15) is 1.43 Å². The fourth-order valence-electron chi connectivity index (χ4n) is 0. The molecule has 0 unspecified atom stereocenters. The van der Waals surface area contributed by atoms with E-state index in [9.17, 15) is 4.57 Å². The molecule has 4 nitrogen and oxygen atoms in total. The van der Waals surface area contributed by atoms with Crippen LogP contribution in [0.25, 0.3) is 0 Å². The summed E-state index contributed by atoms with van der Waals surface area (Å²) in [6.07, 6.45) is 0. The van der Waals surface area contributed by atoms with Crippen LogP contribution in [-0.2, 0) is 8.64 Å². The Balaban J connectivity index is -0.000000125. The summed E-state index contributed by atoms with van der Waals surface area (Å²) in [7, 11) is -4.38. The first-order chi connectivity index (χ1) is 2.56. The molecule has 0 aliphatic carbocycles. The van der Waals surface area contributed by atoms with Crippen LogP contribution in [0.15, 0.2) is 0 Å². The molecule has 0 saturated carbocycles. The van der Waals surface area contributed by atoms with Crippen molar-refractivity contribution in [1.82, 2.24) is 0 Å². The van der Waals surface area contributed by atoms with Crippen LogP contribution >= 0.6 is 19.7 Å². The van der Waals surface area contributed by atoms with Gasteiger partial charge in [-0.05, 0) is 0 Å². The minimum absolute atomic E-state index is 0. The van der Waals surface area contributed by atoms with E-state index >= 15 is 0 Å². The Labute approximate surface area is 69.0 Å². The van der Waals surface area contributed by atoms with Gasteiger partial charge in [0.1, 0.15) is 0 Å². The van der Waals surface area contributed by atoms with Crippen molar-refractivity contribution in [2.45, 2.75) is 0 Å². The van der Waals surface area contributed by atoms with E-state index in [0.29, 0.717) is 0 Å². The Hall–Kier alpha value is 1.40. The fraction of sp³-hybridized carbons (Fsp3) is 0. The second kappa shape index (κ2) is 4.30. The summed E-state index contributed by atoms with van der Waals surface area (Å²) < 4.78 is 12.4. The van der Waals surface area contributed by atoms with Gasteiger partial charge in [0, 0.05) is 0 Å². The Kier molecular flexibility index (Phi) is 6.89. The van der Waals surface area contributed by atoms with Crippen molar-refractivity contribution in [3.63, 3.8) is 0 Å². The third-order valence-corrected chi connectivity index (χ3v) is 0.809. The second-order valence-electron chi connectivity index (χ2n) is 0.560. The van der Waals surface area contributed by atoms with Gasteiger partial charge in [-0.2, -0.15) is 4.08 Å². The van der Waals surface area contributed by atoms with Gasteiger partial charge in [0.2, 0.25) is 0 Å². The van der Waals surface area contributed by atoms with E-state index in [1.165, 1.54) is 0 Å². The van der Waals surface area contributed by atoms with E-state index < -0.39 is 7.82 Å². The summed E-state index contributed by atoms with van der Waals surface area (Å²) in [5.41, 5.74) is 0. The number of halogens is 1. The second-order valence-corrected chi connectivity index (χ2v) is 2.09. The summed E-state index contributed by atoms with van der Waals surface area (Å²) in [5.74, 6) is 0. The van der Waals surface area contributed by atoms with Gasteiger partial charge in [0.15, 0.2) is 0 Å². The predicted molar refractivity (Wildman–Crippen MR) is 20.1 cm³/mol. The number of hydrogen-bond acceptors (Lipinski definition) is 2. The summed E-state index contributed by atoms with van der Waals surface area (Å²) in [5, 5.41) is 0. The smallest absolute Gasteiger partial charge is 1.00 e. The van der Waals surface area contributed by atoms with Crippen LogP contribution < -0.4 is 29.6 Å². The van der Waals surface area contributed by atoms with E-state index in [0.717, 1.165) is 0 Å². The molecule has 2 N–H and O–H groups in total. The molecule has 0 spiro atoms. The molecule has 0 radical (unpaired) electrons. The molecule has 0 fully saturated rings. The number of hydrogen-bond donors (Lipinski definition) is 2. The number of phosphoric acid groups is 1. The van der Waals surface area contributed by atoms with Crippen molar-refractivity contribution in [1.29, 1.82) is 0 Å². The minimum atomic E-state index is -4.38. The van der Waals surface area contributed by atoms with Crippen LogP contribution in [0, 0.1) is 0 Å². The molecule has 0 aromatic rings. The van der Waals surface area contributed by atoms with Crippen molar-refractivity contribution in [2.75, 3.05) is 0 Å².